The number of rotatable bonds is 1. The Morgan fingerprint density at radius 3 is 3.17 bits per heavy atom. The molecule has 0 saturated heterocycles. The number of nitrogens with one attached hydrogen (secondary N) is 1. The first-order chi connectivity index (χ1) is 8.83. The Hall–Kier alpha value is -2.55. The van der Waals surface area contributed by atoms with Gasteiger partial charge in [-0.1, -0.05) is 11.3 Å². The molecule has 0 aliphatic carbocycles. The van der Waals surface area contributed by atoms with Crippen LogP contribution in [0.1, 0.15) is 0 Å². The van der Waals surface area contributed by atoms with Crippen molar-refractivity contribution >= 4 is 27.5 Å². The van der Waals surface area contributed by atoms with Crippen molar-refractivity contribution in [3.63, 3.8) is 0 Å². The van der Waals surface area contributed by atoms with Crippen LogP contribution < -0.4 is 5.56 Å². The van der Waals surface area contributed by atoms with Crippen LogP contribution in [0.3, 0.4) is 0 Å². The molecule has 0 aromatic carbocycles. The van der Waals surface area contributed by atoms with Crippen LogP contribution >= 0.6 is 11.3 Å². The van der Waals surface area contributed by atoms with Crippen molar-refractivity contribution in [1.82, 2.24) is 30.0 Å². The molecular formula is C9H4N6O2S. The highest BCUT2D eigenvalue weighted by molar-refractivity contribution is 7.19. The van der Waals surface area contributed by atoms with E-state index in [0.717, 1.165) is 0 Å². The van der Waals surface area contributed by atoms with Gasteiger partial charge in [-0.15, -0.1) is 15.3 Å². The van der Waals surface area contributed by atoms with Crippen molar-refractivity contribution in [2.45, 2.75) is 0 Å². The van der Waals surface area contributed by atoms with Crippen molar-refractivity contribution in [3.8, 4) is 10.8 Å². The normalized spacial score (nSPS) is 11.6. The number of hydrogen-bond acceptors (Lipinski definition) is 7. The Labute approximate surface area is 102 Å². The maximum Gasteiger partial charge on any atom is 0.305 e. The Kier molecular flexibility index (Phi) is 1.70. The molecule has 0 atom stereocenters. The fourth-order valence-corrected chi connectivity index (χ4v) is 2.48. The number of nitrogens with zero attached hydrogens (tertiary/aromatic N) is 5. The van der Waals surface area contributed by atoms with E-state index >= 15 is 0 Å². The van der Waals surface area contributed by atoms with Crippen LogP contribution in [0.4, 0.5) is 0 Å². The molecule has 9 heteroatoms. The van der Waals surface area contributed by atoms with E-state index in [4.69, 9.17) is 4.42 Å². The molecule has 0 radical (unpaired) electrons. The Bertz CT molecular complexity index is 902. The van der Waals surface area contributed by atoms with Crippen LogP contribution in [-0.4, -0.2) is 30.0 Å². The monoisotopic (exact) mass is 260 g/mol. The average Bonchev–Trinajstić information content (AvgIpc) is 3.08. The molecule has 0 unspecified atom stereocenters. The van der Waals surface area contributed by atoms with E-state index in [0.29, 0.717) is 15.7 Å². The molecule has 0 saturated carbocycles. The lowest BCUT2D eigenvalue weighted by Crippen LogP contribution is -2.15. The molecule has 0 amide bonds. The molecule has 4 heterocycles. The summed E-state index contributed by atoms with van der Waals surface area (Å²) in [6, 6.07) is 3.53. The molecule has 1 N–H and O–H groups in total. The molecule has 4 aromatic heterocycles. The summed E-state index contributed by atoms with van der Waals surface area (Å²) in [6.07, 6.45) is 1.55. The van der Waals surface area contributed by atoms with Gasteiger partial charge in [-0.05, 0) is 12.1 Å². The molecule has 0 bridgehead atoms. The summed E-state index contributed by atoms with van der Waals surface area (Å²) < 4.78 is 6.44. The number of aromatic amines is 1. The SMILES string of the molecule is O=c1c2n[nH]nc2nc2sc(-c3ccco3)nn12. The molecule has 18 heavy (non-hydrogen) atoms. The number of H-pyrrole nitrogens is 1. The van der Waals surface area contributed by atoms with Gasteiger partial charge in [0.25, 0.3) is 0 Å². The minimum Gasteiger partial charge on any atom is -0.462 e. The second kappa shape index (κ2) is 3.23. The number of aromatic nitrogens is 6. The summed E-state index contributed by atoms with van der Waals surface area (Å²) >= 11 is 1.25. The number of fused-ring (bicyclic) bond motifs is 2. The van der Waals surface area contributed by atoms with Crippen molar-refractivity contribution in [2.75, 3.05) is 0 Å². The first kappa shape index (κ1) is 9.48. The first-order valence-corrected chi connectivity index (χ1v) is 5.79. The lowest BCUT2D eigenvalue weighted by molar-refractivity contribution is 0.580. The minimum atomic E-state index is -0.349. The molecule has 4 aromatic rings. The molecular weight excluding hydrogens is 256 g/mol. The summed E-state index contributed by atoms with van der Waals surface area (Å²) in [5, 5.41) is 14.7. The van der Waals surface area contributed by atoms with E-state index in [1.807, 2.05) is 0 Å². The van der Waals surface area contributed by atoms with Crippen LogP contribution in [0.2, 0.25) is 0 Å². The second-order valence-electron chi connectivity index (χ2n) is 3.49. The molecule has 0 aliphatic heterocycles. The largest absolute Gasteiger partial charge is 0.462 e. The van der Waals surface area contributed by atoms with Gasteiger partial charge in [0.2, 0.25) is 10.6 Å². The summed E-state index contributed by atoms with van der Waals surface area (Å²) in [7, 11) is 0. The third kappa shape index (κ3) is 1.16. The molecule has 0 aliphatic rings. The van der Waals surface area contributed by atoms with Gasteiger partial charge in [0.05, 0.1) is 6.26 Å². The minimum absolute atomic E-state index is 0.170. The van der Waals surface area contributed by atoms with Gasteiger partial charge in [-0.2, -0.15) is 14.7 Å². The third-order valence-corrected chi connectivity index (χ3v) is 3.34. The van der Waals surface area contributed by atoms with E-state index in [1.54, 1.807) is 18.4 Å². The van der Waals surface area contributed by atoms with E-state index in [-0.39, 0.29) is 16.7 Å². The maximum absolute atomic E-state index is 12.0. The standard InChI is InChI=1S/C9H4N6O2S/c16-8-5-6(12-14-11-5)10-9-15(8)13-7(18-9)4-2-1-3-17-4/h1-3H,(H,11,12,14). The van der Waals surface area contributed by atoms with Crippen LogP contribution in [0.25, 0.3) is 26.9 Å². The van der Waals surface area contributed by atoms with Crippen molar-refractivity contribution in [2.24, 2.45) is 0 Å². The predicted molar refractivity (Wildman–Crippen MR) is 62.3 cm³/mol. The zero-order valence-electron chi connectivity index (χ0n) is 8.69. The van der Waals surface area contributed by atoms with Crippen molar-refractivity contribution in [3.05, 3.63) is 28.7 Å². The van der Waals surface area contributed by atoms with Gasteiger partial charge >= 0.3 is 5.56 Å². The fraction of sp³-hybridized carbons (Fsp3) is 0. The van der Waals surface area contributed by atoms with E-state index < -0.39 is 0 Å². The van der Waals surface area contributed by atoms with E-state index in [9.17, 15) is 4.79 Å². The van der Waals surface area contributed by atoms with Crippen LogP contribution in [-0.2, 0) is 0 Å². The summed E-state index contributed by atoms with van der Waals surface area (Å²) in [6.45, 7) is 0. The van der Waals surface area contributed by atoms with Gasteiger partial charge in [-0.3, -0.25) is 4.79 Å². The predicted octanol–water partition coefficient (Wildman–Crippen LogP) is 0.682. The van der Waals surface area contributed by atoms with Gasteiger partial charge in [0.15, 0.2) is 16.3 Å². The summed E-state index contributed by atoms with van der Waals surface area (Å²) in [4.78, 5) is 16.7. The van der Waals surface area contributed by atoms with E-state index in [2.05, 4.69) is 25.5 Å². The molecule has 88 valence electrons. The van der Waals surface area contributed by atoms with Gasteiger partial charge in [0, 0.05) is 0 Å². The molecule has 8 nitrogen and oxygen atoms in total. The summed E-state index contributed by atoms with van der Waals surface area (Å²) in [5.74, 6) is 0.595. The topological polar surface area (TPSA) is 102 Å². The molecule has 4 rings (SSSR count). The fourth-order valence-electron chi connectivity index (χ4n) is 1.62. The number of hydrogen-bond donors (Lipinski definition) is 1. The zero-order chi connectivity index (χ0) is 12.1. The number of furan rings is 1. The van der Waals surface area contributed by atoms with Crippen LogP contribution in [0.5, 0.6) is 0 Å². The lowest BCUT2D eigenvalue weighted by atomic mass is 10.5. The van der Waals surface area contributed by atoms with Crippen molar-refractivity contribution in [1.29, 1.82) is 0 Å². The highest BCUT2D eigenvalue weighted by Crippen LogP contribution is 2.24. The molecule has 0 spiro atoms. The smallest absolute Gasteiger partial charge is 0.305 e. The quantitative estimate of drug-likeness (QED) is 0.540. The van der Waals surface area contributed by atoms with Gasteiger partial charge in [-0.25, -0.2) is 0 Å². The average molecular weight is 260 g/mol. The van der Waals surface area contributed by atoms with Gasteiger partial charge < -0.3 is 4.42 Å². The Balaban J connectivity index is 2.11. The zero-order valence-corrected chi connectivity index (χ0v) is 9.51. The van der Waals surface area contributed by atoms with Crippen molar-refractivity contribution < 1.29 is 4.42 Å². The second-order valence-corrected chi connectivity index (χ2v) is 4.45. The summed E-state index contributed by atoms with van der Waals surface area (Å²) in [5.41, 5.74) is 0.108. The molecule has 0 fully saturated rings. The van der Waals surface area contributed by atoms with Crippen LogP contribution in [0, 0.1) is 0 Å². The maximum atomic E-state index is 12.0. The van der Waals surface area contributed by atoms with Gasteiger partial charge in [0.1, 0.15) is 0 Å². The first-order valence-electron chi connectivity index (χ1n) is 4.97. The van der Waals surface area contributed by atoms with E-state index in [1.165, 1.54) is 15.9 Å². The highest BCUT2D eigenvalue weighted by Gasteiger charge is 2.15. The third-order valence-electron chi connectivity index (χ3n) is 2.42. The Morgan fingerprint density at radius 1 is 1.39 bits per heavy atom. The Morgan fingerprint density at radius 2 is 2.33 bits per heavy atom. The highest BCUT2D eigenvalue weighted by atomic mass is 32.1. The van der Waals surface area contributed by atoms with Crippen LogP contribution in [0.15, 0.2) is 27.6 Å². The lowest BCUT2D eigenvalue weighted by Gasteiger charge is -1.87.